The van der Waals surface area contributed by atoms with Gasteiger partial charge in [-0.3, -0.25) is 9.36 Å². The van der Waals surface area contributed by atoms with Gasteiger partial charge in [0.2, 0.25) is 5.91 Å². The van der Waals surface area contributed by atoms with Gasteiger partial charge in [0.05, 0.1) is 10.9 Å². The molecule has 0 radical (unpaired) electrons. The Morgan fingerprint density at radius 2 is 1.93 bits per heavy atom. The zero-order chi connectivity index (χ0) is 19.7. The molecule has 1 aliphatic rings. The Hall–Kier alpha value is -2.74. The first-order chi connectivity index (χ1) is 13.5. The highest BCUT2D eigenvalue weighted by Gasteiger charge is 2.28. The van der Waals surface area contributed by atoms with Crippen molar-refractivity contribution in [1.82, 2.24) is 20.1 Å². The molecule has 1 aromatic heterocycles. The Bertz CT molecular complexity index is 1000. The molecule has 1 aliphatic carbocycles. The Labute approximate surface area is 165 Å². The minimum Gasteiger partial charge on any atom is -0.352 e. The van der Waals surface area contributed by atoms with Crippen LogP contribution in [0.5, 0.6) is 0 Å². The Morgan fingerprint density at radius 3 is 2.61 bits per heavy atom. The maximum absolute atomic E-state index is 14.6. The number of carbonyl (C=O) groups excluding carboxylic acids is 1. The van der Waals surface area contributed by atoms with Crippen molar-refractivity contribution in [3.05, 3.63) is 60.2 Å². The second kappa shape index (κ2) is 7.71. The summed E-state index contributed by atoms with van der Waals surface area (Å²) in [5.74, 6) is -1.07. The van der Waals surface area contributed by atoms with E-state index in [9.17, 15) is 13.6 Å². The zero-order valence-electron chi connectivity index (χ0n) is 15.1. The molecular formula is C20H18F2N4OS. The SMILES string of the molecule is C[C@H](Sc1nnc(-c2ccccc2)n1-c1ccc(F)cc1F)C(=O)NC1CC1. The zero-order valence-corrected chi connectivity index (χ0v) is 15.9. The van der Waals surface area contributed by atoms with Crippen molar-refractivity contribution in [2.75, 3.05) is 0 Å². The van der Waals surface area contributed by atoms with Gasteiger partial charge < -0.3 is 5.32 Å². The number of hydrogen-bond acceptors (Lipinski definition) is 4. The maximum Gasteiger partial charge on any atom is 0.233 e. The summed E-state index contributed by atoms with van der Waals surface area (Å²) in [4.78, 5) is 12.3. The number of carbonyl (C=O) groups is 1. The van der Waals surface area contributed by atoms with Crippen LogP contribution in [0.4, 0.5) is 8.78 Å². The van der Waals surface area contributed by atoms with E-state index in [-0.39, 0.29) is 17.6 Å². The molecule has 0 bridgehead atoms. The van der Waals surface area contributed by atoms with Crippen molar-refractivity contribution in [2.24, 2.45) is 0 Å². The lowest BCUT2D eigenvalue weighted by molar-refractivity contribution is -0.120. The first kappa shape index (κ1) is 18.6. The standard InChI is InChI=1S/C20H18F2N4OS/c1-12(19(27)23-15-8-9-15)28-20-25-24-18(13-5-3-2-4-6-13)26(20)17-10-7-14(21)11-16(17)22/h2-7,10-12,15H,8-9H2,1H3,(H,23,27)/t12-/m0/s1. The van der Waals surface area contributed by atoms with Crippen molar-refractivity contribution in [3.8, 4) is 17.1 Å². The molecule has 1 N–H and O–H groups in total. The second-order valence-electron chi connectivity index (χ2n) is 6.65. The molecule has 1 heterocycles. The molecule has 4 rings (SSSR count). The molecule has 1 atom stereocenters. The molecule has 28 heavy (non-hydrogen) atoms. The first-order valence-electron chi connectivity index (χ1n) is 8.96. The molecule has 0 aliphatic heterocycles. The molecule has 0 unspecified atom stereocenters. The van der Waals surface area contributed by atoms with Crippen LogP contribution in [0.25, 0.3) is 17.1 Å². The molecular weight excluding hydrogens is 382 g/mol. The van der Waals surface area contributed by atoms with Crippen LogP contribution in [-0.4, -0.2) is 32.0 Å². The number of amides is 1. The number of aromatic nitrogens is 3. The molecule has 1 saturated carbocycles. The normalized spacial score (nSPS) is 14.7. The van der Waals surface area contributed by atoms with Gasteiger partial charge in [-0.25, -0.2) is 8.78 Å². The smallest absolute Gasteiger partial charge is 0.233 e. The molecule has 5 nitrogen and oxygen atoms in total. The summed E-state index contributed by atoms with van der Waals surface area (Å²) in [5.41, 5.74) is 0.864. The van der Waals surface area contributed by atoms with E-state index >= 15 is 0 Å². The minimum atomic E-state index is -0.728. The van der Waals surface area contributed by atoms with Crippen LogP contribution >= 0.6 is 11.8 Å². The van der Waals surface area contributed by atoms with Crippen molar-refractivity contribution < 1.29 is 13.6 Å². The molecule has 0 saturated heterocycles. The molecule has 8 heteroatoms. The largest absolute Gasteiger partial charge is 0.352 e. The number of rotatable bonds is 6. The van der Waals surface area contributed by atoms with Gasteiger partial charge in [-0.1, -0.05) is 42.1 Å². The summed E-state index contributed by atoms with van der Waals surface area (Å²) >= 11 is 1.19. The number of hydrogen-bond donors (Lipinski definition) is 1. The van der Waals surface area contributed by atoms with Gasteiger partial charge in [0.25, 0.3) is 0 Å². The lowest BCUT2D eigenvalue weighted by Gasteiger charge is -2.14. The highest BCUT2D eigenvalue weighted by molar-refractivity contribution is 8.00. The second-order valence-corrected chi connectivity index (χ2v) is 7.95. The van der Waals surface area contributed by atoms with E-state index < -0.39 is 16.9 Å². The third-order valence-corrected chi connectivity index (χ3v) is 5.43. The summed E-state index contributed by atoms with van der Waals surface area (Å²) in [5, 5.41) is 11.3. The number of nitrogens with one attached hydrogen (secondary N) is 1. The summed E-state index contributed by atoms with van der Waals surface area (Å²) in [6, 6.07) is 12.8. The summed E-state index contributed by atoms with van der Waals surface area (Å²) in [7, 11) is 0. The lowest BCUT2D eigenvalue weighted by Crippen LogP contribution is -2.32. The lowest BCUT2D eigenvalue weighted by atomic mass is 10.2. The Kier molecular flexibility index (Phi) is 5.13. The van der Waals surface area contributed by atoms with E-state index in [0.29, 0.717) is 11.0 Å². The molecule has 0 spiro atoms. The van der Waals surface area contributed by atoms with E-state index in [2.05, 4.69) is 15.5 Å². The van der Waals surface area contributed by atoms with E-state index in [0.717, 1.165) is 24.5 Å². The fourth-order valence-corrected chi connectivity index (χ4v) is 3.63. The molecule has 144 valence electrons. The van der Waals surface area contributed by atoms with Crippen LogP contribution in [0.3, 0.4) is 0 Å². The highest BCUT2D eigenvalue weighted by atomic mass is 32.2. The fraction of sp³-hybridized carbons (Fsp3) is 0.250. The van der Waals surface area contributed by atoms with Gasteiger partial charge in [0, 0.05) is 17.7 Å². The third-order valence-electron chi connectivity index (χ3n) is 4.39. The van der Waals surface area contributed by atoms with Crippen LogP contribution in [0.15, 0.2) is 53.7 Å². The number of halogens is 2. The first-order valence-corrected chi connectivity index (χ1v) is 9.84. The van der Waals surface area contributed by atoms with Crippen LogP contribution in [0, 0.1) is 11.6 Å². The van der Waals surface area contributed by atoms with E-state index in [1.807, 2.05) is 30.3 Å². The molecule has 1 amide bonds. The number of benzene rings is 2. The average molecular weight is 400 g/mol. The van der Waals surface area contributed by atoms with Crippen LogP contribution in [0.1, 0.15) is 19.8 Å². The number of nitrogens with zero attached hydrogens (tertiary/aromatic N) is 3. The van der Waals surface area contributed by atoms with E-state index in [1.54, 1.807) is 6.92 Å². The Morgan fingerprint density at radius 1 is 1.18 bits per heavy atom. The quantitative estimate of drug-likeness (QED) is 0.636. The Balaban J connectivity index is 1.73. The predicted molar refractivity (Wildman–Crippen MR) is 103 cm³/mol. The topological polar surface area (TPSA) is 59.8 Å². The molecule has 2 aromatic carbocycles. The van der Waals surface area contributed by atoms with E-state index in [1.165, 1.54) is 28.5 Å². The monoisotopic (exact) mass is 400 g/mol. The summed E-state index contributed by atoms with van der Waals surface area (Å²) < 4.78 is 29.5. The van der Waals surface area contributed by atoms with Crippen molar-refractivity contribution >= 4 is 17.7 Å². The van der Waals surface area contributed by atoms with Gasteiger partial charge >= 0.3 is 0 Å². The highest BCUT2D eigenvalue weighted by Crippen LogP contribution is 2.31. The fourth-order valence-electron chi connectivity index (χ4n) is 2.76. The molecule has 1 fully saturated rings. The summed E-state index contributed by atoms with van der Waals surface area (Å²) in [6.07, 6.45) is 2.00. The number of thioether (sulfide) groups is 1. The average Bonchev–Trinajstić information content (AvgIpc) is 3.41. The van der Waals surface area contributed by atoms with Crippen molar-refractivity contribution in [1.29, 1.82) is 0 Å². The van der Waals surface area contributed by atoms with Crippen LogP contribution in [0.2, 0.25) is 0 Å². The third kappa shape index (κ3) is 3.91. The van der Waals surface area contributed by atoms with Gasteiger partial charge in [0.1, 0.15) is 11.6 Å². The minimum absolute atomic E-state index is 0.0945. The van der Waals surface area contributed by atoms with Gasteiger partial charge in [-0.05, 0) is 31.9 Å². The van der Waals surface area contributed by atoms with Gasteiger partial charge in [-0.2, -0.15) is 0 Å². The predicted octanol–water partition coefficient (Wildman–Crippen LogP) is 3.97. The van der Waals surface area contributed by atoms with Crippen molar-refractivity contribution in [3.63, 3.8) is 0 Å². The maximum atomic E-state index is 14.6. The molecule has 3 aromatic rings. The van der Waals surface area contributed by atoms with Gasteiger partial charge in [0.15, 0.2) is 11.0 Å². The van der Waals surface area contributed by atoms with Gasteiger partial charge in [-0.15, -0.1) is 10.2 Å². The van der Waals surface area contributed by atoms with Crippen LogP contribution < -0.4 is 5.32 Å². The van der Waals surface area contributed by atoms with Crippen LogP contribution in [-0.2, 0) is 4.79 Å². The van der Waals surface area contributed by atoms with E-state index in [4.69, 9.17) is 0 Å². The summed E-state index contributed by atoms with van der Waals surface area (Å²) in [6.45, 7) is 1.77. The van der Waals surface area contributed by atoms with Crippen molar-refractivity contribution in [2.45, 2.75) is 36.2 Å².